The minimum Gasteiger partial charge on any atom is -0.481 e. The van der Waals surface area contributed by atoms with Crippen LogP contribution in [0.3, 0.4) is 0 Å². The SMILES string of the molecule is Cc1c(-c2ccccc2)cccc1-c1noc(-c2cccc(CNCCC(=O)O)c2)n1. The molecule has 156 valence electrons. The molecule has 0 aliphatic heterocycles. The van der Waals surface area contributed by atoms with Crippen LogP contribution in [0.5, 0.6) is 0 Å². The third-order valence-electron chi connectivity index (χ3n) is 5.10. The van der Waals surface area contributed by atoms with Crippen molar-refractivity contribution in [2.75, 3.05) is 6.54 Å². The highest BCUT2D eigenvalue weighted by molar-refractivity contribution is 5.76. The molecule has 0 spiro atoms. The summed E-state index contributed by atoms with van der Waals surface area (Å²) in [4.78, 5) is 15.3. The van der Waals surface area contributed by atoms with Gasteiger partial charge in [0, 0.05) is 24.2 Å². The van der Waals surface area contributed by atoms with Crippen molar-refractivity contribution < 1.29 is 14.4 Å². The van der Waals surface area contributed by atoms with Crippen molar-refractivity contribution >= 4 is 5.97 Å². The molecule has 2 N–H and O–H groups in total. The summed E-state index contributed by atoms with van der Waals surface area (Å²) >= 11 is 0. The number of aromatic nitrogens is 2. The molecule has 0 aliphatic carbocycles. The molecule has 4 aromatic rings. The Morgan fingerprint density at radius 2 is 1.71 bits per heavy atom. The van der Waals surface area contributed by atoms with Crippen LogP contribution in [0.1, 0.15) is 17.5 Å². The second kappa shape index (κ2) is 9.36. The van der Waals surface area contributed by atoms with Crippen molar-refractivity contribution in [2.24, 2.45) is 0 Å². The molecule has 31 heavy (non-hydrogen) atoms. The quantitative estimate of drug-likeness (QED) is 0.398. The van der Waals surface area contributed by atoms with E-state index in [-0.39, 0.29) is 6.42 Å². The number of aliphatic carboxylic acids is 1. The number of nitrogens with one attached hydrogen (secondary N) is 1. The molecule has 0 aliphatic rings. The molecule has 0 radical (unpaired) electrons. The molecule has 0 saturated carbocycles. The Morgan fingerprint density at radius 1 is 0.968 bits per heavy atom. The van der Waals surface area contributed by atoms with E-state index in [1.807, 2.05) is 54.6 Å². The average molecular weight is 413 g/mol. The van der Waals surface area contributed by atoms with Gasteiger partial charge < -0.3 is 14.9 Å². The molecule has 1 aromatic heterocycles. The Bertz CT molecular complexity index is 1190. The average Bonchev–Trinajstić information content (AvgIpc) is 3.28. The zero-order valence-corrected chi connectivity index (χ0v) is 17.2. The number of carboxylic acid groups (broad SMARTS) is 1. The van der Waals surface area contributed by atoms with E-state index in [1.165, 1.54) is 0 Å². The van der Waals surface area contributed by atoms with E-state index < -0.39 is 5.97 Å². The van der Waals surface area contributed by atoms with Crippen LogP contribution in [-0.2, 0) is 11.3 Å². The molecular formula is C25H23N3O3. The lowest BCUT2D eigenvalue weighted by atomic mass is 9.96. The topological polar surface area (TPSA) is 88.2 Å². The molecule has 0 atom stereocenters. The first-order chi connectivity index (χ1) is 15.1. The van der Waals surface area contributed by atoms with Crippen molar-refractivity contribution in [3.8, 4) is 34.0 Å². The van der Waals surface area contributed by atoms with E-state index in [2.05, 4.69) is 40.6 Å². The van der Waals surface area contributed by atoms with Crippen molar-refractivity contribution in [1.29, 1.82) is 0 Å². The van der Waals surface area contributed by atoms with Gasteiger partial charge in [-0.25, -0.2) is 0 Å². The van der Waals surface area contributed by atoms with Gasteiger partial charge in [0.05, 0.1) is 6.42 Å². The van der Waals surface area contributed by atoms with Gasteiger partial charge in [0.25, 0.3) is 5.89 Å². The maximum Gasteiger partial charge on any atom is 0.304 e. The summed E-state index contributed by atoms with van der Waals surface area (Å²) in [6.07, 6.45) is 0.0914. The Balaban J connectivity index is 1.55. The number of nitrogens with zero attached hydrogens (tertiary/aromatic N) is 2. The molecule has 0 amide bonds. The standard InChI is InChI=1S/C25H23N3O3/c1-17-21(19-8-3-2-4-9-19)11-6-12-22(17)24-27-25(31-28-24)20-10-5-7-18(15-20)16-26-14-13-23(29)30/h2-12,15,26H,13-14,16H2,1H3,(H,29,30). The molecular weight excluding hydrogens is 390 g/mol. The molecule has 0 saturated heterocycles. The van der Waals surface area contributed by atoms with Crippen molar-refractivity contribution in [1.82, 2.24) is 15.5 Å². The van der Waals surface area contributed by atoms with Gasteiger partial charge in [-0.15, -0.1) is 0 Å². The normalized spacial score (nSPS) is 10.9. The van der Waals surface area contributed by atoms with Gasteiger partial charge in [0.1, 0.15) is 0 Å². The molecule has 4 rings (SSSR count). The zero-order valence-electron chi connectivity index (χ0n) is 17.2. The van der Waals surface area contributed by atoms with E-state index in [1.54, 1.807) is 0 Å². The molecule has 0 bridgehead atoms. The molecule has 0 fully saturated rings. The first-order valence-electron chi connectivity index (χ1n) is 10.1. The maximum atomic E-state index is 10.6. The van der Waals surface area contributed by atoms with Gasteiger partial charge in [-0.2, -0.15) is 4.98 Å². The van der Waals surface area contributed by atoms with Crippen molar-refractivity contribution in [2.45, 2.75) is 19.9 Å². The first-order valence-corrected chi connectivity index (χ1v) is 10.1. The Hall–Kier alpha value is -3.77. The largest absolute Gasteiger partial charge is 0.481 e. The number of benzene rings is 3. The molecule has 3 aromatic carbocycles. The summed E-state index contributed by atoms with van der Waals surface area (Å²) in [7, 11) is 0. The summed E-state index contributed by atoms with van der Waals surface area (Å²) in [6, 6.07) is 24.1. The highest BCUT2D eigenvalue weighted by Crippen LogP contribution is 2.31. The van der Waals surface area contributed by atoms with Crippen LogP contribution in [0.25, 0.3) is 34.0 Å². The van der Waals surface area contributed by atoms with E-state index >= 15 is 0 Å². The number of hydrogen-bond acceptors (Lipinski definition) is 5. The fourth-order valence-electron chi connectivity index (χ4n) is 3.50. The van der Waals surface area contributed by atoms with Crippen LogP contribution in [0.4, 0.5) is 0 Å². The zero-order chi connectivity index (χ0) is 21.6. The van der Waals surface area contributed by atoms with Gasteiger partial charge in [-0.05, 0) is 41.3 Å². The summed E-state index contributed by atoms with van der Waals surface area (Å²) in [5, 5.41) is 16.1. The molecule has 1 heterocycles. The highest BCUT2D eigenvalue weighted by Gasteiger charge is 2.15. The Kier molecular flexibility index (Phi) is 6.19. The lowest BCUT2D eigenvalue weighted by Gasteiger charge is -2.09. The van der Waals surface area contributed by atoms with E-state index in [4.69, 9.17) is 9.63 Å². The van der Waals surface area contributed by atoms with Crippen LogP contribution < -0.4 is 5.32 Å². The smallest absolute Gasteiger partial charge is 0.304 e. The minimum absolute atomic E-state index is 0.0914. The van der Waals surface area contributed by atoms with Gasteiger partial charge in [-0.1, -0.05) is 65.8 Å². The molecule has 6 nitrogen and oxygen atoms in total. The lowest BCUT2D eigenvalue weighted by molar-refractivity contribution is -0.136. The summed E-state index contributed by atoms with van der Waals surface area (Å²) < 4.78 is 5.56. The second-order valence-corrected chi connectivity index (χ2v) is 7.29. The number of hydrogen-bond donors (Lipinski definition) is 2. The maximum absolute atomic E-state index is 10.6. The van der Waals surface area contributed by atoms with Gasteiger partial charge in [0.15, 0.2) is 0 Å². The van der Waals surface area contributed by atoms with Crippen LogP contribution in [0, 0.1) is 6.92 Å². The van der Waals surface area contributed by atoms with Crippen LogP contribution in [0.2, 0.25) is 0 Å². The number of carbonyl (C=O) groups is 1. The fraction of sp³-hybridized carbons (Fsp3) is 0.160. The minimum atomic E-state index is -0.814. The summed E-state index contributed by atoms with van der Waals surface area (Å²) in [5.74, 6) is 0.188. The lowest BCUT2D eigenvalue weighted by Crippen LogP contribution is -2.17. The third kappa shape index (κ3) is 4.87. The molecule has 6 heteroatoms. The van der Waals surface area contributed by atoms with E-state index in [9.17, 15) is 4.79 Å². The van der Waals surface area contributed by atoms with Crippen LogP contribution >= 0.6 is 0 Å². The second-order valence-electron chi connectivity index (χ2n) is 7.29. The van der Waals surface area contributed by atoms with Crippen molar-refractivity contribution in [3.05, 3.63) is 83.9 Å². The summed E-state index contributed by atoms with van der Waals surface area (Å²) in [5.41, 5.74) is 6.16. The predicted molar refractivity (Wildman–Crippen MR) is 119 cm³/mol. The molecule has 0 unspecified atom stereocenters. The van der Waals surface area contributed by atoms with Gasteiger partial charge in [-0.3, -0.25) is 4.79 Å². The monoisotopic (exact) mass is 413 g/mol. The third-order valence-corrected chi connectivity index (χ3v) is 5.10. The summed E-state index contributed by atoms with van der Waals surface area (Å²) in [6.45, 7) is 3.05. The Morgan fingerprint density at radius 3 is 2.52 bits per heavy atom. The number of carboxylic acids is 1. The Labute approximate surface area is 180 Å². The predicted octanol–water partition coefficient (Wildman–Crippen LogP) is 4.94. The van der Waals surface area contributed by atoms with E-state index in [0.29, 0.717) is 24.8 Å². The number of rotatable bonds is 8. The van der Waals surface area contributed by atoms with Gasteiger partial charge in [0.2, 0.25) is 5.82 Å². The highest BCUT2D eigenvalue weighted by atomic mass is 16.5. The first kappa shape index (κ1) is 20.5. The van der Waals surface area contributed by atoms with Crippen molar-refractivity contribution in [3.63, 3.8) is 0 Å². The van der Waals surface area contributed by atoms with Crippen LogP contribution in [-0.4, -0.2) is 27.8 Å². The van der Waals surface area contributed by atoms with Gasteiger partial charge >= 0.3 is 5.97 Å². The van der Waals surface area contributed by atoms with Crippen LogP contribution in [0.15, 0.2) is 77.3 Å². The fourth-order valence-corrected chi connectivity index (χ4v) is 3.50. The van der Waals surface area contributed by atoms with E-state index in [0.717, 1.165) is 33.4 Å².